The zero-order chi connectivity index (χ0) is 13.0. The van der Waals surface area contributed by atoms with Crippen LogP contribution in [0.3, 0.4) is 0 Å². The molecule has 1 aliphatic rings. The normalized spacial score (nSPS) is 16.9. The molecule has 0 unspecified atom stereocenters. The highest BCUT2D eigenvalue weighted by molar-refractivity contribution is 6.33. The van der Waals surface area contributed by atoms with Gasteiger partial charge in [0.1, 0.15) is 0 Å². The van der Waals surface area contributed by atoms with Crippen LogP contribution in [0.15, 0.2) is 36.4 Å². The van der Waals surface area contributed by atoms with Gasteiger partial charge in [-0.15, -0.1) is 11.6 Å². The van der Waals surface area contributed by atoms with Crippen molar-refractivity contribution in [1.82, 2.24) is 4.90 Å². The van der Waals surface area contributed by atoms with E-state index >= 15 is 0 Å². The van der Waals surface area contributed by atoms with Gasteiger partial charge in [0, 0.05) is 38.6 Å². The van der Waals surface area contributed by atoms with E-state index in [4.69, 9.17) is 23.2 Å². The van der Waals surface area contributed by atoms with Crippen LogP contribution >= 0.6 is 23.2 Å². The van der Waals surface area contributed by atoms with E-state index in [9.17, 15) is 0 Å². The molecule has 1 heterocycles. The largest absolute Gasteiger partial charge is 0.368 e. The number of rotatable bonds is 4. The molecule has 1 saturated heterocycles. The van der Waals surface area contributed by atoms with E-state index in [-0.39, 0.29) is 0 Å². The maximum absolute atomic E-state index is 6.21. The van der Waals surface area contributed by atoms with Crippen LogP contribution in [-0.4, -0.2) is 43.5 Å². The molecule has 0 bridgehead atoms. The summed E-state index contributed by atoms with van der Waals surface area (Å²) in [6.45, 7) is 8.91. The zero-order valence-corrected chi connectivity index (χ0v) is 11.9. The summed E-state index contributed by atoms with van der Waals surface area (Å²) in [7, 11) is 0. The lowest BCUT2D eigenvalue weighted by atomic mass is 10.2. The number of hydrogen-bond acceptors (Lipinski definition) is 2. The average Bonchev–Trinajstić information content (AvgIpc) is 2.40. The fraction of sp³-hybridized carbons (Fsp3) is 0.429. The van der Waals surface area contributed by atoms with Crippen molar-refractivity contribution in [3.05, 3.63) is 41.4 Å². The van der Waals surface area contributed by atoms with Crippen molar-refractivity contribution in [2.75, 3.05) is 43.5 Å². The monoisotopic (exact) mass is 284 g/mol. The van der Waals surface area contributed by atoms with Gasteiger partial charge in [0.15, 0.2) is 0 Å². The third-order valence-corrected chi connectivity index (χ3v) is 3.90. The maximum atomic E-state index is 6.21. The van der Waals surface area contributed by atoms with Crippen molar-refractivity contribution in [3.63, 3.8) is 0 Å². The summed E-state index contributed by atoms with van der Waals surface area (Å²) in [6, 6.07) is 8.02. The first-order chi connectivity index (χ1) is 8.70. The van der Waals surface area contributed by atoms with Crippen molar-refractivity contribution < 1.29 is 0 Å². The fourth-order valence-electron chi connectivity index (χ4n) is 2.21. The Balaban J connectivity index is 1.91. The van der Waals surface area contributed by atoms with Gasteiger partial charge in [-0.2, -0.15) is 0 Å². The second-order valence-corrected chi connectivity index (χ2v) is 5.27. The average molecular weight is 285 g/mol. The summed E-state index contributed by atoms with van der Waals surface area (Å²) in [6.07, 6.45) is 0. The number of alkyl halides is 1. The van der Waals surface area contributed by atoms with Crippen LogP contribution in [0.4, 0.5) is 5.69 Å². The van der Waals surface area contributed by atoms with Gasteiger partial charge in [0.25, 0.3) is 0 Å². The van der Waals surface area contributed by atoms with Crippen molar-refractivity contribution in [2.24, 2.45) is 0 Å². The predicted octanol–water partition coefficient (Wildman–Crippen LogP) is 3.26. The van der Waals surface area contributed by atoms with Crippen LogP contribution in [0.25, 0.3) is 0 Å². The number of nitrogens with zero attached hydrogens (tertiary/aromatic N) is 2. The van der Waals surface area contributed by atoms with Crippen molar-refractivity contribution in [3.8, 4) is 0 Å². The first kappa shape index (κ1) is 13.7. The lowest BCUT2D eigenvalue weighted by Gasteiger charge is -2.36. The molecule has 0 spiro atoms. The molecule has 0 amide bonds. The Labute approximate surface area is 119 Å². The molecule has 2 rings (SSSR count). The minimum absolute atomic E-state index is 0.546. The van der Waals surface area contributed by atoms with Crippen LogP contribution in [0.5, 0.6) is 0 Å². The van der Waals surface area contributed by atoms with Crippen molar-refractivity contribution in [1.29, 1.82) is 0 Å². The molecule has 1 aliphatic heterocycles. The third kappa shape index (κ3) is 3.41. The van der Waals surface area contributed by atoms with Crippen LogP contribution < -0.4 is 4.90 Å². The maximum Gasteiger partial charge on any atom is 0.0639 e. The van der Waals surface area contributed by atoms with Gasteiger partial charge in [-0.3, -0.25) is 4.90 Å². The minimum Gasteiger partial charge on any atom is -0.368 e. The summed E-state index contributed by atoms with van der Waals surface area (Å²) >= 11 is 12.0. The number of para-hydroxylation sites is 1. The lowest BCUT2D eigenvalue weighted by molar-refractivity contribution is 0.279. The summed E-state index contributed by atoms with van der Waals surface area (Å²) < 4.78 is 0. The second-order valence-electron chi connectivity index (χ2n) is 4.60. The van der Waals surface area contributed by atoms with Crippen molar-refractivity contribution in [2.45, 2.75) is 0 Å². The molecule has 0 radical (unpaired) electrons. The Kier molecular flexibility index (Phi) is 4.93. The number of hydrogen-bond donors (Lipinski definition) is 0. The molecule has 0 aromatic heterocycles. The first-order valence-corrected chi connectivity index (χ1v) is 7.06. The zero-order valence-electron chi connectivity index (χ0n) is 10.4. The SMILES string of the molecule is C=C(CCl)CN1CCN(c2ccccc2Cl)CC1. The molecule has 98 valence electrons. The van der Waals surface area contributed by atoms with E-state index in [2.05, 4.69) is 22.4 Å². The van der Waals surface area contributed by atoms with E-state index in [0.717, 1.165) is 49.0 Å². The number of halogens is 2. The topological polar surface area (TPSA) is 6.48 Å². The summed E-state index contributed by atoms with van der Waals surface area (Å²) in [5.41, 5.74) is 2.22. The molecule has 0 N–H and O–H groups in total. The first-order valence-electron chi connectivity index (χ1n) is 6.15. The van der Waals surface area contributed by atoms with E-state index < -0.39 is 0 Å². The highest BCUT2D eigenvalue weighted by Crippen LogP contribution is 2.26. The second kappa shape index (κ2) is 6.46. The Morgan fingerprint density at radius 1 is 1.17 bits per heavy atom. The smallest absolute Gasteiger partial charge is 0.0639 e. The quantitative estimate of drug-likeness (QED) is 0.619. The van der Waals surface area contributed by atoms with Crippen LogP contribution in [0.2, 0.25) is 5.02 Å². The summed E-state index contributed by atoms with van der Waals surface area (Å²) in [5.74, 6) is 0.546. The number of anilines is 1. The predicted molar refractivity (Wildman–Crippen MR) is 80.0 cm³/mol. The van der Waals surface area contributed by atoms with Crippen LogP contribution in [0, 0.1) is 0 Å². The van der Waals surface area contributed by atoms with Gasteiger partial charge >= 0.3 is 0 Å². The van der Waals surface area contributed by atoms with Crippen LogP contribution in [0.1, 0.15) is 0 Å². The summed E-state index contributed by atoms with van der Waals surface area (Å²) in [5, 5.41) is 0.830. The van der Waals surface area contributed by atoms with Gasteiger partial charge in [-0.05, 0) is 17.7 Å². The van der Waals surface area contributed by atoms with Gasteiger partial charge in [-0.1, -0.05) is 30.3 Å². The third-order valence-electron chi connectivity index (χ3n) is 3.20. The molecule has 0 saturated carbocycles. The van der Waals surface area contributed by atoms with Gasteiger partial charge in [0.2, 0.25) is 0 Å². The highest BCUT2D eigenvalue weighted by Gasteiger charge is 2.18. The molecule has 0 atom stereocenters. The molecular formula is C14H18Cl2N2. The molecular weight excluding hydrogens is 267 g/mol. The molecule has 1 fully saturated rings. The Morgan fingerprint density at radius 2 is 1.83 bits per heavy atom. The van der Waals surface area contributed by atoms with Gasteiger partial charge in [0.05, 0.1) is 10.7 Å². The van der Waals surface area contributed by atoms with E-state index in [1.54, 1.807) is 0 Å². The molecule has 1 aromatic carbocycles. The van der Waals surface area contributed by atoms with E-state index in [1.807, 2.05) is 18.2 Å². The van der Waals surface area contributed by atoms with Crippen molar-refractivity contribution >= 4 is 28.9 Å². The Morgan fingerprint density at radius 3 is 2.44 bits per heavy atom. The van der Waals surface area contributed by atoms with Gasteiger partial charge < -0.3 is 4.90 Å². The molecule has 0 aliphatic carbocycles. The van der Waals surface area contributed by atoms with Crippen LogP contribution in [-0.2, 0) is 0 Å². The minimum atomic E-state index is 0.546. The fourth-order valence-corrected chi connectivity index (χ4v) is 2.55. The van der Waals surface area contributed by atoms with E-state index in [1.165, 1.54) is 0 Å². The van der Waals surface area contributed by atoms with E-state index in [0.29, 0.717) is 5.88 Å². The Bertz CT molecular complexity index is 412. The number of piperazine rings is 1. The highest BCUT2D eigenvalue weighted by atomic mass is 35.5. The molecule has 18 heavy (non-hydrogen) atoms. The lowest BCUT2D eigenvalue weighted by Crippen LogP contribution is -2.47. The molecule has 4 heteroatoms. The number of benzene rings is 1. The summed E-state index contributed by atoms with van der Waals surface area (Å²) in [4.78, 5) is 4.72. The Hall–Kier alpha value is -0.700. The van der Waals surface area contributed by atoms with Gasteiger partial charge in [-0.25, -0.2) is 0 Å². The standard InChI is InChI=1S/C14H18Cl2N2/c1-12(10-15)11-17-6-8-18(9-7-17)14-5-3-2-4-13(14)16/h2-5H,1,6-11H2. The molecule has 2 nitrogen and oxygen atoms in total. The molecule has 1 aromatic rings.